The first-order chi connectivity index (χ1) is 27.3. The van der Waals surface area contributed by atoms with E-state index >= 15 is 0 Å². The Labute approximate surface area is 370 Å². The molecular weight excluding hydrogens is 758 g/mol. The summed E-state index contributed by atoms with van der Waals surface area (Å²) in [4.78, 5) is 44.1. The van der Waals surface area contributed by atoms with Crippen LogP contribution in [-0.4, -0.2) is 83.4 Å². The van der Waals surface area contributed by atoms with Crippen LogP contribution in [0.4, 0.5) is 13.2 Å². The van der Waals surface area contributed by atoms with E-state index < -0.39 is 17.8 Å². The van der Waals surface area contributed by atoms with Crippen LogP contribution < -0.4 is 5.32 Å². The van der Waals surface area contributed by atoms with E-state index in [4.69, 9.17) is 9.63 Å². The molecule has 11 heteroatoms. The van der Waals surface area contributed by atoms with Gasteiger partial charge in [0.15, 0.2) is 17.7 Å². The lowest BCUT2D eigenvalue weighted by Crippen LogP contribution is -2.38. The van der Waals surface area contributed by atoms with Crippen LogP contribution in [0.5, 0.6) is 0 Å². The number of nitrogens with one attached hydrogen (secondary N) is 1. The number of hydrogen-bond donors (Lipinski definition) is 1. The summed E-state index contributed by atoms with van der Waals surface area (Å²) in [5, 5.41) is 4.39. The summed E-state index contributed by atoms with van der Waals surface area (Å²) >= 11 is 0. The number of carbonyl (C=O) groups excluding carboxylic acids is 4. The SMILES string of the molecule is C.CC.CC.CC.CC.CC(=O)C=O.CC(C)(OC=O)C(F)F.CCC(C)CC(C)C.CCCCCCCC(C)C.CCC[C@@H](CC)C(C=O)N(C)OC.CF.CNC. The normalized spacial score (nSPS) is 10.4. The monoisotopic (exact) mass is 869 g/mol. The summed E-state index contributed by atoms with van der Waals surface area (Å²) in [7, 11) is 7.65. The van der Waals surface area contributed by atoms with Crippen molar-refractivity contribution in [1.29, 1.82) is 0 Å². The number of likely N-dealkylation sites (N-methyl/N-ethyl adjacent to an activating group) is 1. The van der Waals surface area contributed by atoms with E-state index in [-0.39, 0.29) is 26.2 Å². The molecule has 0 amide bonds. The summed E-state index contributed by atoms with van der Waals surface area (Å²) in [5.41, 5.74) is -1.65. The number of carbonyl (C=O) groups is 4. The smallest absolute Gasteiger partial charge is 0.293 e. The number of ketones is 1. The molecule has 0 aromatic carbocycles. The molecule has 0 bridgehead atoms. The molecule has 0 saturated heterocycles. The van der Waals surface area contributed by atoms with E-state index in [9.17, 15) is 27.6 Å². The quantitative estimate of drug-likeness (QED) is 0.0559. The molecule has 1 N–H and O–H groups in total. The Morgan fingerprint density at radius 3 is 1.31 bits per heavy atom. The van der Waals surface area contributed by atoms with E-state index in [1.54, 1.807) is 19.2 Å². The molecule has 3 atom stereocenters. The van der Waals surface area contributed by atoms with Gasteiger partial charge in [0.1, 0.15) is 6.29 Å². The van der Waals surface area contributed by atoms with E-state index in [1.165, 1.54) is 58.3 Å². The van der Waals surface area contributed by atoms with Gasteiger partial charge in [0, 0.05) is 14.0 Å². The van der Waals surface area contributed by atoms with Crippen molar-refractivity contribution in [2.24, 2.45) is 23.7 Å². The number of ether oxygens (including phenoxy) is 1. The second kappa shape index (κ2) is 83.8. The Balaban J connectivity index is -0.0000000441. The summed E-state index contributed by atoms with van der Waals surface area (Å²) in [5.74, 6) is 2.69. The Kier molecular flexibility index (Phi) is 126. The van der Waals surface area contributed by atoms with Crippen LogP contribution in [0.25, 0.3) is 0 Å². The highest BCUT2D eigenvalue weighted by atomic mass is 19.3. The second-order valence-corrected chi connectivity index (χ2v) is 13.4. The largest absolute Gasteiger partial charge is 0.456 e. The average molecular weight is 869 g/mol. The van der Waals surface area contributed by atoms with Crippen LogP contribution in [0.3, 0.4) is 0 Å². The first-order valence-corrected chi connectivity index (χ1v) is 22.4. The number of halogens is 3. The summed E-state index contributed by atoms with van der Waals surface area (Å²) in [6, 6.07) is -0.102. The number of hydrogen-bond acceptors (Lipinski definition) is 8. The number of Topliss-reactive ketones (excluding diaryl/α,β-unsaturated/α-hetero) is 1. The molecule has 2 unspecified atom stereocenters. The zero-order valence-corrected chi connectivity index (χ0v) is 43.5. The minimum Gasteiger partial charge on any atom is -0.456 e. The number of rotatable bonds is 20. The molecule has 0 aliphatic heterocycles. The van der Waals surface area contributed by atoms with Crippen molar-refractivity contribution in [3.63, 3.8) is 0 Å². The standard InChI is InChI=1S/C10H21NO2.C10H22.C8H18.C5H8F2O2.C3H4O2.C2H7N.4C2H6.CH3F.CH4/c1-5-7-9(6-2)10(8-12)11(3)13-4;1-4-5-6-7-8-9-10(2)3;1-5-8(4)6-7(2)3;1-5(2,4(6)7)9-3-8;1-3(5)2-4;1-3-2;5*1-2;/h8-10H,5-7H2,1-4H3;10H,4-9H2,1-3H3;7-8H,5-6H2,1-4H3;3-4H,1-2H3;2H,1H3;3H,1-2H3;4*1-2H3;1H3;1H4/t9-,10?;;;;;;;;;;;/m1.........../s1. The van der Waals surface area contributed by atoms with Crippen molar-refractivity contribution in [2.45, 2.75) is 235 Å². The van der Waals surface area contributed by atoms with Crippen LogP contribution in [0.15, 0.2) is 0 Å². The van der Waals surface area contributed by atoms with Crippen molar-refractivity contribution in [3.8, 4) is 0 Å². The van der Waals surface area contributed by atoms with Crippen LogP contribution in [-0.2, 0) is 28.8 Å². The highest BCUT2D eigenvalue weighted by molar-refractivity contribution is 6.23. The summed E-state index contributed by atoms with van der Waals surface area (Å²) in [6.07, 6.45) is 13.1. The van der Waals surface area contributed by atoms with Gasteiger partial charge >= 0.3 is 0 Å². The molecule has 0 heterocycles. The van der Waals surface area contributed by atoms with Crippen LogP contribution >= 0.6 is 0 Å². The Bertz CT molecular complexity index is 687. The molecule has 59 heavy (non-hydrogen) atoms. The van der Waals surface area contributed by atoms with Crippen molar-refractivity contribution in [1.82, 2.24) is 10.4 Å². The fourth-order valence-electron chi connectivity index (χ4n) is 3.91. The Morgan fingerprint density at radius 2 is 1.12 bits per heavy atom. The van der Waals surface area contributed by atoms with Gasteiger partial charge < -0.3 is 19.7 Å². The number of alkyl halides is 3. The number of nitrogens with zero attached hydrogens (tertiary/aromatic N) is 1. The van der Waals surface area contributed by atoms with Crippen molar-refractivity contribution in [3.05, 3.63) is 0 Å². The van der Waals surface area contributed by atoms with Crippen molar-refractivity contribution < 1.29 is 41.9 Å². The molecule has 0 radical (unpaired) electrons. The fraction of sp³-hybridized carbons (Fsp3) is 0.917. The maximum atomic E-state index is 11.7. The van der Waals surface area contributed by atoms with Crippen molar-refractivity contribution >= 4 is 24.8 Å². The Morgan fingerprint density at radius 1 is 0.729 bits per heavy atom. The third-order valence-electron chi connectivity index (χ3n) is 7.01. The van der Waals surface area contributed by atoms with Gasteiger partial charge in [-0.2, -0.15) is 5.06 Å². The van der Waals surface area contributed by atoms with Gasteiger partial charge in [-0.15, -0.1) is 0 Å². The topological polar surface area (TPSA) is 102 Å². The average Bonchev–Trinajstić information content (AvgIpc) is 3.22. The number of hydroxylamine groups is 2. The highest BCUT2D eigenvalue weighted by Crippen LogP contribution is 2.19. The molecule has 8 nitrogen and oxygen atoms in total. The van der Waals surface area contributed by atoms with Gasteiger partial charge in [-0.05, 0) is 64.5 Å². The molecule has 0 fully saturated rings. The van der Waals surface area contributed by atoms with Gasteiger partial charge in [-0.1, -0.05) is 183 Å². The molecule has 0 spiro atoms. The van der Waals surface area contributed by atoms with Crippen LogP contribution in [0.1, 0.15) is 217 Å². The molecule has 0 aromatic heterocycles. The maximum absolute atomic E-state index is 11.7. The van der Waals surface area contributed by atoms with Crippen molar-refractivity contribution in [2.75, 3.05) is 35.4 Å². The van der Waals surface area contributed by atoms with Crippen LogP contribution in [0, 0.1) is 23.7 Å². The number of aldehydes is 2. The maximum Gasteiger partial charge on any atom is 0.293 e. The zero-order chi connectivity index (χ0) is 49.1. The predicted octanol–water partition coefficient (Wildman–Crippen LogP) is 15.1. The van der Waals surface area contributed by atoms with Gasteiger partial charge in [0.2, 0.25) is 0 Å². The van der Waals surface area contributed by atoms with E-state index in [2.05, 4.69) is 72.4 Å². The highest BCUT2D eigenvalue weighted by Gasteiger charge is 2.30. The van der Waals surface area contributed by atoms with E-state index in [0.717, 1.165) is 57.1 Å². The lowest BCUT2D eigenvalue weighted by molar-refractivity contribution is -0.160. The van der Waals surface area contributed by atoms with Crippen LogP contribution in [0.2, 0.25) is 0 Å². The van der Waals surface area contributed by atoms with Gasteiger partial charge in [0.25, 0.3) is 12.9 Å². The van der Waals surface area contributed by atoms with Gasteiger partial charge in [0.05, 0.1) is 20.3 Å². The summed E-state index contributed by atoms with van der Waals surface area (Å²) < 4.78 is 37.0. The molecule has 0 saturated carbocycles. The lowest BCUT2D eigenvalue weighted by Gasteiger charge is -2.27. The fourth-order valence-corrected chi connectivity index (χ4v) is 3.91. The second-order valence-electron chi connectivity index (χ2n) is 13.4. The van der Waals surface area contributed by atoms with Gasteiger partial charge in [-0.3, -0.25) is 18.8 Å². The first kappa shape index (κ1) is 88.4. The first-order valence-electron chi connectivity index (χ1n) is 22.4. The van der Waals surface area contributed by atoms with E-state index in [1.807, 2.05) is 69.5 Å². The zero-order valence-electron chi connectivity index (χ0n) is 43.5. The molecular formula is C48H111F3N2O6. The molecule has 370 valence electrons. The molecule has 0 aliphatic carbocycles. The third-order valence-corrected chi connectivity index (χ3v) is 7.01. The minimum atomic E-state index is -2.64. The van der Waals surface area contributed by atoms with E-state index in [0.29, 0.717) is 13.1 Å². The number of unbranched alkanes of at least 4 members (excludes halogenated alkanes) is 4. The third kappa shape index (κ3) is 102. The predicted molar refractivity (Wildman–Crippen MR) is 259 cm³/mol. The lowest BCUT2D eigenvalue weighted by atomic mass is 9.93. The molecule has 0 aliphatic rings. The van der Waals surface area contributed by atoms with Gasteiger partial charge in [-0.25, -0.2) is 8.78 Å². The Hall–Kier alpha value is -1.85. The minimum absolute atomic E-state index is 0. The molecule has 0 rings (SSSR count). The summed E-state index contributed by atoms with van der Waals surface area (Å²) in [6.45, 7) is 39.8. The molecule has 0 aromatic rings.